The van der Waals surface area contributed by atoms with Crippen molar-refractivity contribution in [1.29, 1.82) is 0 Å². The van der Waals surface area contributed by atoms with E-state index in [-0.39, 0.29) is 6.54 Å². The minimum atomic E-state index is -3.47. The highest BCUT2D eigenvalue weighted by atomic mass is 32.2. The largest absolute Gasteiger partial charge is 0.285 e. The first-order chi connectivity index (χ1) is 9.17. The van der Waals surface area contributed by atoms with Crippen LogP contribution >= 0.6 is 11.3 Å². The van der Waals surface area contributed by atoms with Gasteiger partial charge in [-0.15, -0.1) is 21.5 Å². The molecule has 3 rings (SSSR count). The standard InChI is InChI=1S/C11H10N4O2S2/c16-19(17,11-5-3-7-18-11)12-8-10-14-13-9-4-1-2-6-15(9)10/h1-7,12H,8H2. The van der Waals surface area contributed by atoms with Gasteiger partial charge in [-0.3, -0.25) is 4.40 Å². The van der Waals surface area contributed by atoms with Gasteiger partial charge in [0, 0.05) is 6.20 Å². The first-order valence-corrected chi connectivity index (χ1v) is 7.85. The van der Waals surface area contributed by atoms with Crippen LogP contribution in [0.1, 0.15) is 5.82 Å². The molecule has 1 N–H and O–H groups in total. The van der Waals surface area contributed by atoms with Gasteiger partial charge in [-0.25, -0.2) is 13.1 Å². The minimum Gasteiger partial charge on any atom is -0.285 e. The summed E-state index contributed by atoms with van der Waals surface area (Å²) >= 11 is 1.18. The predicted octanol–water partition coefficient (Wildman–Crippen LogP) is 1.27. The Bertz CT molecular complexity index is 793. The van der Waals surface area contributed by atoms with E-state index in [1.165, 1.54) is 11.3 Å². The summed E-state index contributed by atoms with van der Waals surface area (Å²) in [5.41, 5.74) is 0.688. The Labute approximate surface area is 113 Å². The van der Waals surface area contributed by atoms with Gasteiger partial charge in [0.15, 0.2) is 11.5 Å². The lowest BCUT2D eigenvalue weighted by Crippen LogP contribution is -2.23. The molecule has 0 saturated heterocycles. The zero-order valence-electron chi connectivity index (χ0n) is 9.72. The van der Waals surface area contributed by atoms with E-state index in [1.54, 1.807) is 28.1 Å². The Morgan fingerprint density at radius 2 is 2.11 bits per heavy atom. The average molecular weight is 294 g/mol. The number of sulfonamides is 1. The molecule has 0 unspecified atom stereocenters. The van der Waals surface area contributed by atoms with E-state index < -0.39 is 10.0 Å². The molecule has 0 fully saturated rings. The molecule has 0 radical (unpaired) electrons. The number of rotatable bonds is 4. The van der Waals surface area contributed by atoms with Crippen molar-refractivity contribution in [3.63, 3.8) is 0 Å². The van der Waals surface area contributed by atoms with Crippen LogP contribution in [0.15, 0.2) is 46.1 Å². The van der Waals surface area contributed by atoms with Gasteiger partial charge in [-0.2, -0.15) is 0 Å². The monoisotopic (exact) mass is 294 g/mol. The third-order valence-corrected chi connectivity index (χ3v) is 5.36. The Balaban J connectivity index is 1.83. The third-order valence-electron chi connectivity index (χ3n) is 2.56. The molecule has 0 saturated carbocycles. The lowest BCUT2D eigenvalue weighted by Gasteiger charge is -2.03. The van der Waals surface area contributed by atoms with Crippen molar-refractivity contribution in [3.8, 4) is 0 Å². The number of hydrogen-bond donors (Lipinski definition) is 1. The summed E-state index contributed by atoms with van der Waals surface area (Å²) in [6.07, 6.45) is 1.80. The molecule has 0 spiro atoms. The molecule has 98 valence electrons. The second kappa shape index (κ2) is 4.72. The van der Waals surface area contributed by atoms with Gasteiger partial charge in [0.05, 0.1) is 6.54 Å². The van der Waals surface area contributed by atoms with Crippen LogP contribution in [0.2, 0.25) is 0 Å². The van der Waals surface area contributed by atoms with Crippen LogP contribution in [0.3, 0.4) is 0 Å². The highest BCUT2D eigenvalue weighted by molar-refractivity contribution is 7.91. The van der Waals surface area contributed by atoms with E-state index >= 15 is 0 Å². The van der Waals surface area contributed by atoms with E-state index in [0.717, 1.165) is 0 Å². The molecule has 3 heterocycles. The molecule has 8 heteroatoms. The maximum Gasteiger partial charge on any atom is 0.250 e. The molecule has 0 aliphatic heterocycles. The summed E-state index contributed by atoms with van der Waals surface area (Å²) < 4.78 is 28.5. The smallest absolute Gasteiger partial charge is 0.250 e. The molecule has 6 nitrogen and oxygen atoms in total. The fourth-order valence-electron chi connectivity index (χ4n) is 1.66. The van der Waals surface area contributed by atoms with Crippen molar-refractivity contribution < 1.29 is 8.42 Å². The molecule has 3 aromatic heterocycles. The highest BCUT2D eigenvalue weighted by Crippen LogP contribution is 2.15. The van der Waals surface area contributed by atoms with Crippen molar-refractivity contribution in [2.24, 2.45) is 0 Å². The second-order valence-corrected chi connectivity index (χ2v) is 6.74. The fourth-order valence-corrected chi connectivity index (χ4v) is 3.68. The number of hydrogen-bond acceptors (Lipinski definition) is 5. The average Bonchev–Trinajstić information content (AvgIpc) is 3.07. The summed E-state index contributed by atoms with van der Waals surface area (Å²) in [4.78, 5) is 0. The summed E-state index contributed by atoms with van der Waals surface area (Å²) in [5.74, 6) is 0.552. The lowest BCUT2D eigenvalue weighted by molar-refractivity contribution is 0.581. The molecular weight excluding hydrogens is 284 g/mol. The first-order valence-electron chi connectivity index (χ1n) is 5.49. The number of nitrogens with one attached hydrogen (secondary N) is 1. The molecule has 0 atom stereocenters. The van der Waals surface area contributed by atoms with Crippen LogP contribution in [0.5, 0.6) is 0 Å². The summed E-state index contributed by atoms with van der Waals surface area (Å²) in [7, 11) is -3.47. The van der Waals surface area contributed by atoms with Crippen LogP contribution in [-0.2, 0) is 16.6 Å². The Hall–Kier alpha value is -1.77. The maximum atomic E-state index is 12.0. The molecular formula is C11H10N4O2S2. The lowest BCUT2D eigenvalue weighted by atomic mass is 10.5. The number of thiophene rings is 1. The minimum absolute atomic E-state index is 0.103. The van der Waals surface area contributed by atoms with Gasteiger partial charge in [-0.05, 0) is 23.6 Å². The van der Waals surface area contributed by atoms with Crippen LogP contribution in [0, 0.1) is 0 Å². The van der Waals surface area contributed by atoms with Crippen LogP contribution in [-0.4, -0.2) is 23.0 Å². The van der Waals surface area contributed by atoms with E-state index in [9.17, 15) is 8.42 Å². The molecule has 0 amide bonds. The van der Waals surface area contributed by atoms with Crippen molar-refractivity contribution in [2.45, 2.75) is 10.8 Å². The Morgan fingerprint density at radius 1 is 1.21 bits per heavy atom. The third kappa shape index (κ3) is 2.37. The van der Waals surface area contributed by atoms with Crippen molar-refractivity contribution in [1.82, 2.24) is 19.3 Å². The molecule has 19 heavy (non-hydrogen) atoms. The van der Waals surface area contributed by atoms with Gasteiger partial charge < -0.3 is 0 Å². The quantitative estimate of drug-likeness (QED) is 0.786. The molecule has 0 bridgehead atoms. The first kappa shape index (κ1) is 12.3. The molecule has 0 aliphatic rings. The van der Waals surface area contributed by atoms with Gasteiger partial charge >= 0.3 is 0 Å². The maximum absolute atomic E-state index is 12.0. The number of pyridine rings is 1. The summed E-state index contributed by atoms with van der Waals surface area (Å²) in [6, 6.07) is 8.77. The summed E-state index contributed by atoms with van der Waals surface area (Å²) in [5, 5.41) is 9.66. The number of fused-ring (bicyclic) bond motifs is 1. The summed E-state index contributed by atoms with van der Waals surface area (Å²) in [6.45, 7) is 0.103. The zero-order chi connectivity index (χ0) is 13.3. The fraction of sp³-hybridized carbons (Fsp3) is 0.0909. The topological polar surface area (TPSA) is 76.4 Å². The van der Waals surface area contributed by atoms with E-state index in [4.69, 9.17) is 0 Å². The SMILES string of the molecule is O=S(=O)(NCc1nnc2ccccn12)c1cccs1. The van der Waals surface area contributed by atoms with Gasteiger partial charge in [0.25, 0.3) is 0 Å². The van der Waals surface area contributed by atoms with Crippen LogP contribution in [0.25, 0.3) is 5.65 Å². The predicted molar refractivity (Wildman–Crippen MR) is 71.3 cm³/mol. The molecule has 3 aromatic rings. The van der Waals surface area contributed by atoms with Crippen LogP contribution in [0.4, 0.5) is 0 Å². The highest BCUT2D eigenvalue weighted by Gasteiger charge is 2.16. The number of nitrogens with zero attached hydrogens (tertiary/aromatic N) is 3. The van der Waals surface area contributed by atoms with Gasteiger partial charge in [0.2, 0.25) is 10.0 Å². The molecule has 0 aromatic carbocycles. The molecule has 0 aliphatic carbocycles. The van der Waals surface area contributed by atoms with E-state index in [0.29, 0.717) is 15.7 Å². The zero-order valence-corrected chi connectivity index (χ0v) is 11.4. The Kier molecular flexibility index (Phi) is 3.05. The number of aromatic nitrogens is 3. The Morgan fingerprint density at radius 3 is 2.89 bits per heavy atom. The van der Waals surface area contributed by atoms with Gasteiger partial charge in [0.1, 0.15) is 4.21 Å². The normalized spacial score (nSPS) is 12.0. The van der Waals surface area contributed by atoms with Crippen molar-refractivity contribution >= 4 is 27.0 Å². The van der Waals surface area contributed by atoms with E-state index in [2.05, 4.69) is 14.9 Å². The van der Waals surface area contributed by atoms with Crippen molar-refractivity contribution in [3.05, 3.63) is 47.7 Å². The van der Waals surface area contributed by atoms with Crippen molar-refractivity contribution in [2.75, 3.05) is 0 Å². The van der Waals surface area contributed by atoms with Crippen LogP contribution < -0.4 is 4.72 Å². The van der Waals surface area contributed by atoms with E-state index in [1.807, 2.05) is 18.2 Å². The van der Waals surface area contributed by atoms with Gasteiger partial charge in [-0.1, -0.05) is 12.1 Å². The second-order valence-electron chi connectivity index (χ2n) is 3.80.